The smallest absolute Gasteiger partial charge is 0.251 e. The quantitative estimate of drug-likeness (QED) is 0.872. The van der Waals surface area contributed by atoms with Crippen molar-refractivity contribution < 1.29 is 19.1 Å². The molecule has 2 aromatic carbocycles. The molecule has 5 rings (SSSR count). The molecule has 1 saturated heterocycles. The predicted octanol–water partition coefficient (Wildman–Crippen LogP) is 2.27. The van der Waals surface area contributed by atoms with Crippen molar-refractivity contribution in [3.63, 3.8) is 0 Å². The molecule has 2 aromatic rings. The number of ether oxygens (including phenoxy) is 2. The first kappa shape index (κ1) is 16.0. The molecule has 3 aliphatic heterocycles. The van der Waals surface area contributed by atoms with Gasteiger partial charge in [0.1, 0.15) is 6.04 Å². The zero-order valence-electron chi connectivity index (χ0n) is 14.7. The van der Waals surface area contributed by atoms with Crippen molar-refractivity contribution in [2.75, 3.05) is 23.6 Å². The van der Waals surface area contributed by atoms with Gasteiger partial charge in [-0.3, -0.25) is 9.59 Å². The van der Waals surface area contributed by atoms with Crippen LogP contribution in [0.1, 0.15) is 28.8 Å². The number of benzene rings is 2. The zero-order chi connectivity index (χ0) is 18.4. The van der Waals surface area contributed by atoms with Gasteiger partial charge >= 0.3 is 0 Å². The van der Waals surface area contributed by atoms with Crippen LogP contribution in [0.4, 0.5) is 11.4 Å². The molecular weight excluding hydrogens is 346 g/mol. The van der Waals surface area contributed by atoms with Crippen LogP contribution >= 0.6 is 0 Å². The number of rotatable bonds is 3. The van der Waals surface area contributed by atoms with Crippen molar-refractivity contribution in [1.29, 1.82) is 0 Å². The third kappa shape index (κ3) is 2.75. The summed E-state index contributed by atoms with van der Waals surface area (Å²) in [5.74, 6) is 1.24. The number of nitrogens with one attached hydrogen (secondary N) is 2. The number of anilines is 2. The van der Waals surface area contributed by atoms with E-state index < -0.39 is 0 Å². The standard InChI is InChI=1S/C20H19N3O4/c24-19(21-10-12-3-6-17-18(8-12)27-11-26-17)13-4-5-15-14(9-13)22-20(25)16-2-1-7-23(15)16/h3-6,8-9,16H,1-2,7,10-11H2,(H,21,24)(H,22,25). The van der Waals surface area contributed by atoms with Crippen molar-refractivity contribution in [2.45, 2.75) is 25.4 Å². The van der Waals surface area contributed by atoms with E-state index in [4.69, 9.17) is 9.47 Å². The molecule has 3 aliphatic rings. The van der Waals surface area contributed by atoms with Gasteiger partial charge in [0.05, 0.1) is 11.4 Å². The molecule has 1 fully saturated rings. The molecule has 0 bridgehead atoms. The van der Waals surface area contributed by atoms with Crippen LogP contribution in [-0.4, -0.2) is 31.2 Å². The summed E-state index contributed by atoms with van der Waals surface area (Å²) in [6.07, 6.45) is 1.89. The monoisotopic (exact) mass is 365 g/mol. The first-order valence-electron chi connectivity index (χ1n) is 9.07. The average Bonchev–Trinajstić information content (AvgIpc) is 3.35. The van der Waals surface area contributed by atoms with E-state index in [9.17, 15) is 9.59 Å². The Morgan fingerprint density at radius 1 is 1.19 bits per heavy atom. The minimum absolute atomic E-state index is 0.0120. The summed E-state index contributed by atoms with van der Waals surface area (Å²) in [5.41, 5.74) is 3.14. The maximum absolute atomic E-state index is 12.6. The lowest BCUT2D eigenvalue weighted by Gasteiger charge is -2.33. The Labute approximate surface area is 156 Å². The van der Waals surface area contributed by atoms with Crippen molar-refractivity contribution >= 4 is 23.2 Å². The van der Waals surface area contributed by atoms with Crippen molar-refractivity contribution in [3.05, 3.63) is 47.5 Å². The molecule has 3 heterocycles. The zero-order valence-corrected chi connectivity index (χ0v) is 14.7. The van der Waals surface area contributed by atoms with Crippen LogP contribution in [0.3, 0.4) is 0 Å². The van der Waals surface area contributed by atoms with Crippen molar-refractivity contribution in [1.82, 2.24) is 5.32 Å². The molecule has 0 spiro atoms. The van der Waals surface area contributed by atoms with Crippen molar-refractivity contribution in [2.24, 2.45) is 0 Å². The molecule has 0 saturated carbocycles. The van der Waals surface area contributed by atoms with Crippen LogP contribution in [0.15, 0.2) is 36.4 Å². The van der Waals surface area contributed by atoms with Gasteiger partial charge in [-0.25, -0.2) is 0 Å². The summed E-state index contributed by atoms with van der Waals surface area (Å²) in [5, 5.41) is 5.85. The van der Waals surface area contributed by atoms with E-state index in [0.717, 1.165) is 36.4 Å². The summed E-state index contributed by atoms with van der Waals surface area (Å²) < 4.78 is 10.6. The number of hydrogen-bond acceptors (Lipinski definition) is 5. The van der Waals surface area contributed by atoms with Gasteiger partial charge in [0.2, 0.25) is 12.7 Å². The number of amides is 2. The number of fused-ring (bicyclic) bond motifs is 4. The topological polar surface area (TPSA) is 79.9 Å². The first-order chi connectivity index (χ1) is 13.2. The van der Waals surface area contributed by atoms with Crippen molar-refractivity contribution in [3.8, 4) is 11.5 Å². The van der Waals surface area contributed by atoms with Crippen LogP contribution < -0.4 is 25.0 Å². The highest BCUT2D eigenvalue weighted by molar-refractivity contribution is 6.06. The minimum atomic E-state index is -0.187. The molecule has 0 radical (unpaired) electrons. The molecule has 1 atom stereocenters. The third-order valence-corrected chi connectivity index (χ3v) is 5.27. The summed E-state index contributed by atoms with van der Waals surface area (Å²) in [7, 11) is 0. The number of carbonyl (C=O) groups excluding carboxylic acids is 2. The summed E-state index contributed by atoms with van der Waals surface area (Å²) >= 11 is 0. The second-order valence-electron chi connectivity index (χ2n) is 6.94. The summed E-state index contributed by atoms with van der Waals surface area (Å²) in [4.78, 5) is 26.9. The fourth-order valence-corrected chi connectivity index (χ4v) is 3.91. The lowest BCUT2D eigenvalue weighted by atomic mass is 10.1. The molecule has 0 aliphatic carbocycles. The van der Waals surface area contributed by atoms with Crippen LogP contribution in [0.25, 0.3) is 0 Å². The molecule has 0 aromatic heterocycles. The highest BCUT2D eigenvalue weighted by atomic mass is 16.7. The predicted molar refractivity (Wildman–Crippen MR) is 99.2 cm³/mol. The van der Waals surface area contributed by atoms with Gasteiger partial charge in [-0.15, -0.1) is 0 Å². The maximum Gasteiger partial charge on any atom is 0.251 e. The lowest BCUT2D eigenvalue weighted by Crippen LogP contribution is -2.44. The third-order valence-electron chi connectivity index (χ3n) is 5.27. The van der Waals surface area contributed by atoms with Crippen LogP contribution in [0.5, 0.6) is 11.5 Å². The van der Waals surface area contributed by atoms with Gasteiger partial charge in [-0.2, -0.15) is 0 Å². The lowest BCUT2D eigenvalue weighted by molar-refractivity contribution is -0.117. The Bertz CT molecular complexity index is 943. The molecule has 7 nitrogen and oxygen atoms in total. The largest absolute Gasteiger partial charge is 0.454 e. The second-order valence-corrected chi connectivity index (χ2v) is 6.94. The van der Waals surface area contributed by atoms with Gasteiger partial charge in [-0.05, 0) is 48.7 Å². The average molecular weight is 365 g/mol. The maximum atomic E-state index is 12.6. The van der Waals surface area contributed by atoms with Gasteiger partial charge < -0.3 is 25.0 Å². The highest BCUT2D eigenvalue weighted by Gasteiger charge is 2.36. The van der Waals surface area contributed by atoms with Crippen LogP contribution in [0, 0.1) is 0 Å². The fourth-order valence-electron chi connectivity index (χ4n) is 3.91. The van der Waals surface area contributed by atoms with E-state index in [2.05, 4.69) is 15.5 Å². The Morgan fingerprint density at radius 2 is 2.07 bits per heavy atom. The Balaban J connectivity index is 1.31. The molecule has 2 N–H and O–H groups in total. The Morgan fingerprint density at radius 3 is 3.00 bits per heavy atom. The first-order valence-corrected chi connectivity index (χ1v) is 9.07. The van der Waals surface area contributed by atoms with Gasteiger partial charge in [-0.1, -0.05) is 6.07 Å². The molecule has 1 unspecified atom stereocenters. The van der Waals surface area contributed by atoms with Gasteiger partial charge in [0, 0.05) is 18.7 Å². The molecule has 2 amide bonds. The normalized spacial score (nSPS) is 19.3. The second kappa shape index (κ2) is 6.19. The Kier molecular flexibility index (Phi) is 3.67. The number of carbonyl (C=O) groups is 2. The highest BCUT2D eigenvalue weighted by Crippen LogP contribution is 2.37. The van der Waals surface area contributed by atoms with Crippen LogP contribution in [0.2, 0.25) is 0 Å². The number of nitrogens with zero attached hydrogens (tertiary/aromatic N) is 1. The molecule has 7 heteroatoms. The summed E-state index contributed by atoms with van der Waals surface area (Å²) in [6, 6.07) is 11.0. The van der Waals surface area contributed by atoms with E-state index in [0.29, 0.717) is 23.5 Å². The Hall–Kier alpha value is -3.22. The van der Waals surface area contributed by atoms with E-state index in [-0.39, 0.29) is 24.6 Å². The van der Waals surface area contributed by atoms with E-state index in [1.54, 1.807) is 12.1 Å². The minimum Gasteiger partial charge on any atom is -0.454 e. The molecule has 138 valence electrons. The summed E-state index contributed by atoms with van der Waals surface area (Å²) in [6.45, 7) is 1.48. The fraction of sp³-hybridized carbons (Fsp3) is 0.300. The van der Waals surface area contributed by atoms with Crippen LogP contribution in [-0.2, 0) is 11.3 Å². The van der Waals surface area contributed by atoms with E-state index in [1.807, 2.05) is 24.3 Å². The molecular formula is C20H19N3O4. The SMILES string of the molecule is O=C(NCc1ccc2c(c1)OCO2)c1ccc2c(c1)NC(=O)C1CCCN21. The van der Waals surface area contributed by atoms with E-state index in [1.165, 1.54) is 0 Å². The van der Waals surface area contributed by atoms with Gasteiger partial charge in [0.25, 0.3) is 5.91 Å². The van der Waals surface area contributed by atoms with Gasteiger partial charge in [0.15, 0.2) is 11.5 Å². The number of hydrogen-bond donors (Lipinski definition) is 2. The molecule has 27 heavy (non-hydrogen) atoms. The van der Waals surface area contributed by atoms with E-state index >= 15 is 0 Å².